The van der Waals surface area contributed by atoms with Crippen molar-refractivity contribution in [3.63, 3.8) is 0 Å². The Morgan fingerprint density at radius 3 is 2.36 bits per heavy atom. The number of amides is 2. The summed E-state index contributed by atoms with van der Waals surface area (Å²) in [7, 11) is 0. The van der Waals surface area contributed by atoms with Crippen molar-refractivity contribution in [1.29, 1.82) is 0 Å². The Morgan fingerprint density at radius 1 is 1.04 bits per heavy atom. The highest BCUT2D eigenvalue weighted by Crippen LogP contribution is 2.17. The smallest absolute Gasteiger partial charge is 0.279 e. The molecule has 8 heteroatoms. The maximum absolute atomic E-state index is 13.5. The molecule has 0 radical (unpaired) electrons. The number of ketones is 1. The van der Waals surface area contributed by atoms with Crippen LogP contribution < -0.4 is 20.3 Å². The fraction of sp³-hybridized carbons (Fsp3) is 0.250. The van der Waals surface area contributed by atoms with Gasteiger partial charge in [0.15, 0.2) is 30.1 Å². The third kappa shape index (κ3) is 6.08. The summed E-state index contributed by atoms with van der Waals surface area (Å²) >= 11 is 0. The van der Waals surface area contributed by atoms with Crippen LogP contribution in [0.5, 0.6) is 11.5 Å². The molecule has 0 aliphatic heterocycles. The van der Waals surface area contributed by atoms with Gasteiger partial charge in [0, 0.05) is 12.0 Å². The van der Waals surface area contributed by atoms with E-state index in [0.717, 1.165) is 0 Å². The highest BCUT2D eigenvalue weighted by atomic mass is 19.1. The number of benzene rings is 2. The van der Waals surface area contributed by atoms with Gasteiger partial charge in [-0.15, -0.1) is 0 Å². The molecule has 0 bridgehead atoms. The quantitative estimate of drug-likeness (QED) is 0.535. The van der Waals surface area contributed by atoms with Gasteiger partial charge in [0.05, 0.1) is 0 Å². The third-order valence-corrected chi connectivity index (χ3v) is 3.70. The van der Waals surface area contributed by atoms with Crippen LogP contribution in [0.1, 0.15) is 30.6 Å². The van der Waals surface area contributed by atoms with Gasteiger partial charge < -0.3 is 9.47 Å². The number of carbonyl (C=O) groups excluding carboxylic acids is 3. The van der Waals surface area contributed by atoms with E-state index in [-0.39, 0.29) is 18.1 Å². The van der Waals surface area contributed by atoms with Gasteiger partial charge in [-0.25, -0.2) is 4.39 Å². The van der Waals surface area contributed by atoms with Gasteiger partial charge in [0.25, 0.3) is 11.8 Å². The van der Waals surface area contributed by atoms with Gasteiger partial charge in [0.1, 0.15) is 5.75 Å². The van der Waals surface area contributed by atoms with Crippen LogP contribution in [0.2, 0.25) is 0 Å². The lowest BCUT2D eigenvalue weighted by molar-refractivity contribution is -0.133. The summed E-state index contributed by atoms with van der Waals surface area (Å²) in [5.74, 6) is -1.49. The van der Waals surface area contributed by atoms with Crippen LogP contribution in [0.4, 0.5) is 4.39 Å². The van der Waals surface area contributed by atoms with Crippen LogP contribution in [0, 0.1) is 5.82 Å². The summed E-state index contributed by atoms with van der Waals surface area (Å²) < 4.78 is 24.0. The van der Waals surface area contributed by atoms with Crippen LogP contribution in [-0.2, 0) is 9.59 Å². The largest absolute Gasteiger partial charge is 0.484 e. The first-order valence-electron chi connectivity index (χ1n) is 8.66. The molecular weight excluding hydrogens is 367 g/mol. The molecule has 1 atom stereocenters. The van der Waals surface area contributed by atoms with Gasteiger partial charge in [-0.1, -0.05) is 19.1 Å². The topological polar surface area (TPSA) is 93.7 Å². The normalized spacial score (nSPS) is 11.2. The van der Waals surface area contributed by atoms with Crippen molar-refractivity contribution >= 4 is 17.6 Å². The minimum atomic E-state index is -1.03. The average Bonchev–Trinajstić information content (AvgIpc) is 2.71. The number of hydrogen-bond donors (Lipinski definition) is 2. The lowest BCUT2D eigenvalue weighted by Crippen LogP contribution is -2.48. The van der Waals surface area contributed by atoms with Gasteiger partial charge in [0.2, 0.25) is 0 Å². The molecule has 0 aromatic heterocycles. The van der Waals surface area contributed by atoms with Crippen molar-refractivity contribution in [3.8, 4) is 11.5 Å². The van der Waals surface area contributed by atoms with Crippen molar-refractivity contribution in [1.82, 2.24) is 10.9 Å². The van der Waals surface area contributed by atoms with Crippen molar-refractivity contribution in [2.24, 2.45) is 0 Å². The van der Waals surface area contributed by atoms with E-state index in [9.17, 15) is 18.8 Å². The molecule has 2 N–H and O–H groups in total. The molecule has 2 aromatic carbocycles. The summed E-state index contributed by atoms with van der Waals surface area (Å²) in [6.45, 7) is 2.85. The Hall–Kier alpha value is -3.42. The highest BCUT2D eigenvalue weighted by molar-refractivity contribution is 5.95. The van der Waals surface area contributed by atoms with E-state index in [4.69, 9.17) is 9.47 Å². The van der Waals surface area contributed by atoms with Crippen LogP contribution in [0.3, 0.4) is 0 Å². The van der Waals surface area contributed by atoms with Crippen molar-refractivity contribution in [2.45, 2.75) is 26.4 Å². The first-order valence-corrected chi connectivity index (χ1v) is 8.66. The first kappa shape index (κ1) is 20.9. The molecule has 7 nitrogen and oxygen atoms in total. The molecule has 2 amide bonds. The van der Waals surface area contributed by atoms with Gasteiger partial charge in [-0.05, 0) is 43.3 Å². The fourth-order valence-electron chi connectivity index (χ4n) is 2.14. The molecule has 28 heavy (non-hydrogen) atoms. The second-order valence-corrected chi connectivity index (χ2v) is 5.82. The van der Waals surface area contributed by atoms with E-state index in [1.165, 1.54) is 25.1 Å². The highest BCUT2D eigenvalue weighted by Gasteiger charge is 2.17. The number of nitrogens with one attached hydrogen (secondary N) is 2. The molecule has 0 saturated heterocycles. The van der Waals surface area contributed by atoms with Gasteiger partial charge >= 0.3 is 0 Å². The predicted octanol–water partition coefficient (Wildman–Crippen LogP) is 2.41. The summed E-state index contributed by atoms with van der Waals surface area (Å²) in [6, 6.07) is 12.1. The average molecular weight is 388 g/mol. The standard InChI is InChI=1S/C20H21FN2O5/c1-3-17(24)14-8-10-15(11-9-14)27-12-19(25)22-23-20(26)13(2)28-18-7-5-4-6-16(18)21/h4-11,13H,3,12H2,1-2H3,(H,22,25)(H,23,26)/t13-/m0/s1. The molecule has 0 aliphatic rings. The Kier molecular flexibility index (Phi) is 7.50. The Labute approximate surface area is 161 Å². The number of rotatable bonds is 8. The molecule has 0 heterocycles. The van der Waals surface area contributed by atoms with Crippen molar-refractivity contribution in [2.75, 3.05) is 6.61 Å². The van der Waals surface area contributed by atoms with Gasteiger partial charge in [-0.2, -0.15) is 0 Å². The van der Waals surface area contributed by atoms with Crippen LogP contribution in [-0.4, -0.2) is 30.3 Å². The zero-order chi connectivity index (χ0) is 20.5. The van der Waals surface area contributed by atoms with E-state index < -0.39 is 23.7 Å². The SMILES string of the molecule is CCC(=O)c1ccc(OCC(=O)NNC(=O)[C@H](C)Oc2ccccc2F)cc1. The van der Waals surface area contributed by atoms with Crippen LogP contribution in [0.15, 0.2) is 48.5 Å². The Balaban J connectivity index is 1.75. The second kappa shape index (κ2) is 10.1. The first-order chi connectivity index (χ1) is 13.4. The Morgan fingerprint density at radius 2 is 1.71 bits per heavy atom. The van der Waals surface area contributed by atoms with E-state index in [1.54, 1.807) is 37.3 Å². The number of para-hydroxylation sites is 1. The van der Waals surface area contributed by atoms with E-state index in [2.05, 4.69) is 10.9 Å². The fourth-order valence-corrected chi connectivity index (χ4v) is 2.14. The molecule has 0 aliphatic carbocycles. The molecule has 2 rings (SSSR count). The molecule has 0 unspecified atom stereocenters. The maximum Gasteiger partial charge on any atom is 0.279 e. The zero-order valence-corrected chi connectivity index (χ0v) is 15.5. The van der Waals surface area contributed by atoms with E-state index >= 15 is 0 Å². The molecular formula is C20H21FN2O5. The molecule has 0 saturated carbocycles. The van der Waals surface area contributed by atoms with E-state index in [0.29, 0.717) is 17.7 Å². The Bertz CT molecular complexity index is 839. The minimum absolute atomic E-state index is 0.0127. The molecule has 0 spiro atoms. The number of hydrogen-bond acceptors (Lipinski definition) is 5. The van der Waals surface area contributed by atoms with Gasteiger partial charge in [-0.3, -0.25) is 25.2 Å². The number of Topliss-reactive ketones (excluding diaryl/α,β-unsaturated/α-hetero) is 1. The number of halogens is 1. The lowest BCUT2D eigenvalue weighted by Gasteiger charge is -2.15. The van der Waals surface area contributed by atoms with Crippen LogP contribution in [0.25, 0.3) is 0 Å². The third-order valence-electron chi connectivity index (χ3n) is 3.70. The molecule has 0 fully saturated rings. The monoisotopic (exact) mass is 388 g/mol. The summed E-state index contributed by atoms with van der Waals surface area (Å²) in [4.78, 5) is 35.2. The second-order valence-electron chi connectivity index (χ2n) is 5.82. The van der Waals surface area contributed by atoms with Crippen LogP contribution >= 0.6 is 0 Å². The van der Waals surface area contributed by atoms with Crippen molar-refractivity contribution < 1.29 is 28.2 Å². The lowest BCUT2D eigenvalue weighted by atomic mass is 10.1. The summed E-state index contributed by atoms with van der Waals surface area (Å²) in [6.07, 6.45) is -0.622. The number of ether oxygens (including phenoxy) is 2. The van der Waals surface area contributed by atoms with E-state index in [1.807, 2.05) is 0 Å². The predicted molar refractivity (Wildman–Crippen MR) is 99.3 cm³/mol. The molecule has 2 aromatic rings. The summed E-state index contributed by atoms with van der Waals surface area (Å²) in [5.41, 5.74) is 4.93. The zero-order valence-electron chi connectivity index (χ0n) is 15.5. The summed E-state index contributed by atoms with van der Waals surface area (Å²) in [5, 5.41) is 0. The minimum Gasteiger partial charge on any atom is -0.484 e. The maximum atomic E-state index is 13.5. The number of hydrazine groups is 1. The van der Waals surface area contributed by atoms with Crippen molar-refractivity contribution in [3.05, 3.63) is 59.9 Å². The molecule has 148 valence electrons. The number of carbonyl (C=O) groups is 3.